The summed E-state index contributed by atoms with van der Waals surface area (Å²) in [4.78, 5) is 53.7. The maximum Gasteiger partial charge on any atom is 0.328 e. The second-order valence-corrected chi connectivity index (χ2v) is 10.2. The molecule has 1 aromatic carbocycles. The first-order valence-electron chi connectivity index (χ1n) is 11.0. The van der Waals surface area contributed by atoms with Gasteiger partial charge in [-0.1, -0.05) is 16.9 Å². The summed E-state index contributed by atoms with van der Waals surface area (Å²) in [7, 11) is 0. The smallest absolute Gasteiger partial charge is 0.328 e. The van der Waals surface area contributed by atoms with Crippen LogP contribution in [0.15, 0.2) is 10.6 Å². The van der Waals surface area contributed by atoms with Gasteiger partial charge in [0.1, 0.15) is 0 Å². The molecule has 4 aliphatic heterocycles. The normalized spacial score (nSPS) is 27.8. The number of thioether (sulfide) groups is 1. The Morgan fingerprint density at radius 3 is 2.71 bits per heavy atom. The zero-order valence-electron chi connectivity index (χ0n) is 18.4. The van der Waals surface area contributed by atoms with E-state index in [4.69, 9.17) is 9.26 Å². The monoisotopic (exact) mass is 505 g/mol. The van der Waals surface area contributed by atoms with Gasteiger partial charge in [0, 0.05) is 19.5 Å². The van der Waals surface area contributed by atoms with Crippen LogP contribution in [0.1, 0.15) is 12.5 Å². The molecule has 0 bridgehead atoms. The number of nitrogens with zero attached hydrogens (tertiary/aromatic N) is 3. The third kappa shape index (κ3) is 2.96. The van der Waals surface area contributed by atoms with Crippen LogP contribution >= 0.6 is 11.8 Å². The second kappa shape index (κ2) is 7.63. The van der Waals surface area contributed by atoms with E-state index < -0.39 is 41.2 Å². The van der Waals surface area contributed by atoms with Crippen LogP contribution in [0.2, 0.25) is 0 Å². The molecule has 4 aliphatic rings. The van der Waals surface area contributed by atoms with Gasteiger partial charge in [-0.05, 0) is 18.6 Å². The standard InChI is InChI=1S/C21H20FN5O7S/c1-8-15-21(17(29)23-19(31)24-18(21)30)5-9-4-11-14(12(22)13(9)26(15)2-3-33-8)34-25-16(11)27-6-10(7-28)35-20(27)32/h4,8,10,15,28H,2-3,5-7H2,1H3,(H2,23,24,29,30,31)/t8-,10+,15+/m0/s1. The van der Waals surface area contributed by atoms with Gasteiger partial charge < -0.3 is 19.3 Å². The number of anilines is 2. The molecule has 2 aromatic rings. The van der Waals surface area contributed by atoms with Crippen molar-refractivity contribution in [3.05, 3.63) is 17.4 Å². The number of carbonyl (C=O) groups is 4. The number of ether oxygens (including phenoxy) is 1. The number of morpholine rings is 1. The van der Waals surface area contributed by atoms with E-state index in [1.54, 1.807) is 17.9 Å². The van der Waals surface area contributed by atoms with Crippen LogP contribution in [-0.2, 0) is 20.7 Å². The molecule has 12 nitrogen and oxygen atoms in total. The van der Waals surface area contributed by atoms with Gasteiger partial charge in [-0.25, -0.2) is 9.18 Å². The summed E-state index contributed by atoms with van der Waals surface area (Å²) in [5, 5.41) is 17.2. The molecule has 1 spiro atoms. The summed E-state index contributed by atoms with van der Waals surface area (Å²) in [6.07, 6.45) is -0.835. The van der Waals surface area contributed by atoms with E-state index in [0.717, 1.165) is 11.8 Å². The number of aromatic nitrogens is 1. The Morgan fingerprint density at radius 2 is 2.03 bits per heavy atom. The molecule has 0 saturated carbocycles. The predicted molar refractivity (Wildman–Crippen MR) is 120 cm³/mol. The Balaban J connectivity index is 1.54. The lowest BCUT2D eigenvalue weighted by atomic mass is 9.66. The molecule has 3 N–H and O–H groups in total. The van der Waals surface area contributed by atoms with Crippen molar-refractivity contribution in [2.75, 3.05) is 36.1 Å². The number of urea groups is 1. The number of halogens is 1. The molecule has 0 aliphatic carbocycles. The Bertz CT molecular complexity index is 1290. The molecule has 35 heavy (non-hydrogen) atoms. The number of hydrogen-bond donors (Lipinski definition) is 3. The number of nitrogens with one attached hydrogen (secondary N) is 2. The summed E-state index contributed by atoms with van der Waals surface area (Å²) in [6, 6.07) is -0.231. The quantitative estimate of drug-likeness (QED) is 0.492. The Labute approximate surface area is 201 Å². The predicted octanol–water partition coefficient (Wildman–Crippen LogP) is 0.503. The van der Waals surface area contributed by atoms with Crippen molar-refractivity contribution in [2.24, 2.45) is 5.41 Å². The molecule has 5 heterocycles. The molecule has 184 valence electrons. The molecule has 1 aromatic heterocycles. The fourth-order valence-electron chi connectivity index (χ4n) is 5.63. The maximum absolute atomic E-state index is 16.0. The lowest BCUT2D eigenvalue weighted by molar-refractivity contribution is -0.151. The summed E-state index contributed by atoms with van der Waals surface area (Å²) < 4.78 is 27.0. The third-order valence-electron chi connectivity index (χ3n) is 7.09. The van der Waals surface area contributed by atoms with Crippen LogP contribution in [0.25, 0.3) is 11.0 Å². The van der Waals surface area contributed by atoms with Gasteiger partial charge in [-0.3, -0.25) is 29.9 Å². The highest BCUT2D eigenvalue weighted by atomic mass is 32.2. The lowest BCUT2D eigenvalue weighted by Crippen LogP contribution is -2.74. The number of hydrogen-bond acceptors (Lipinski definition) is 10. The first-order valence-corrected chi connectivity index (χ1v) is 11.9. The summed E-state index contributed by atoms with van der Waals surface area (Å²) in [5.41, 5.74) is -1.41. The largest absolute Gasteiger partial charge is 0.395 e. The number of fused-ring (bicyclic) bond motifs is 5. The molecule has 3 fully saturated rings. The number of barbiturate groups is 1. The molecule has 5 amide bonds. The van der Waals surface area contributed by atoms with Crippen LogP contribution in [0.4, 0.5) is 25.5 Å². The van der Waals surface area contributed by atoms with Crippen LogP contribution in [0, 0.1) is 11.2 Å². The lowest BCUT2D eigenvalue weighted by Gasteiger charge is -2.54. The van der Waals surface area contributed by atoms with E-state index in [1.807, 2.05) is 0 Å². The zero-order chi connectivity index (χ0) is 24.6. The first kappa shape index (κ1) is 22.2. The van der Waals surface area contributed by atoms with E-state index in [9.17, 15) is 24.3 Å². The Kier molecular flexibility index (Phi) is 4.85. The van der Waals surface area contributed by atoms with Crippen molar-refractivity contribution in [1.29, 1.82) is 0 Å². The van der Waals surface area contributed by atoms with E-state index in [1.165, 1.54) is 4.90 Å². The van der Waals surface area contributed by atoms with Crippen LogP contribution < -0.4 is 20.4 Å². The fourth-order valence-corrected chi connectivity index (χ4v) is 6.51. The van der Waals surface area contributed by atoms with E-state index in [-0.39, 0.29) is 65.7 Å². The minimum absolute atomic E-state index is 0.0920. The summed E-state index contributed by atoms with van der Waals surface area (Å²) >= 11 is 0.949. The molecule has 3 saturated heterocycles. The number of imide groups is 2. The van der Waals surface area contributed by atoms with Gasteiger partial charge >= 0.3 is 6.03 Å². The van der Waals surface area contributed by atoms with Crippen molar-refractivity contribution in [3.63, 3.8) is 0 Å². The van der Waals surface area contributed by atoms with Crippen molar-refractivity contribution >= 4 is 57.3 Å². The molecule has 6 rings (SSSR count). The van der Waals surface area contributed by atoms with Crippen LogP contribution in [0.5, 0.6) is 0 Å². The van der Waals surface area contributed by atoms with Gasteiger partial charge in [0.25, 0.3) is 5.24 Å². The highest BCUT2D eigenvalue weighted by molar-refractivity contribution is 8.14. The number of rotatable bonds is 2. The maximum atomic E-state index is 16.0. The van der Waals surface area contributed by atoms with Crippen molar-refractivity contribution in [3.8, 4) is 0 Å². The average Bonchev–Trinajstić information content (AvgIpc) is 3.40. The molecule has 3 atom stereocenters. The topological polar surface area (TPSA) is 154 Å². The number of aliphatic hydroxyl groups excluding tert-OH is 1. The average molecular weight is 505 g/mol. The molecule has 14 heteroatoms. The number of carbonyl (C=O) groups excluding carboxylic acids is 4. The van der Waals surface area contributed by atoms with Crippen LogP contribution in [0.3, 0.4) is 0 Å². The van der Waals surface area contributed by atoms with Crippen molar-refractivity contribution < 1.29 is 37.9 Å². The van der Waals surface area contributed by atoms with Gasteiger partial charge in [-0.2, -0.15) is 0 Å². The third-order valence-corrected chi connectivity index (χ3v) is 8.15. The Morgan fingerprint density at radius 1 is 1.29 bits per heavy atom. The second-order valence-electron chi connectivity index (χ2n) is 8.98. The number of benzene rings is 1. The minimum Gasteiger partial charge on any atom is -0.395 e. The molecule has 0 radical (unpaired) electrons. The van der Waals surface area contributed by atoms with E-state index in [0.29, 0.717) is 5.56 Å². The van der Waals surface area contributed by atoms with Crippen LogP contribution in [-0.4, -0.2) is 77.0 Å². The van der Waals surface area contributed by atoms with Gasteiger partial charge in [0.15, 0.2) is 17.1 Å². The first-order chi connectivity index (χ1) is 16.8. The summed E-state index contributed by atoms with van der Waals surface area (Å²) in [5.74, 6) is -2.20. The zero-order valence-corrected chi connectivity index (χ0v) is 19.2. The highest BCUT2D eigenvalue weighted by Crippen LogP contribution is 2.49. The molecular weight excluding hydrogens is 485 g/mol. The fraction of sp³-hybridized carbons (Fsp3) is 0.476. The molecule has 0 unspecified atom stereocenters. The number of aliphatic hydroxyl groups is 1. The van der Waals surface area contributed by atoms with Crippen molar-refractivity contribution in [2.45, 2.75) is 30.7 Å². The minimum atomic E-state index is -1.75. The van der Waals surface area contributed by atoms with Crippen molar-refractivity contribution in [1.82, 2.24) is 15.8 Å². The Hall–Kier alpha value is -3.23. The van der Waals surface area contributed by atoms with Gasteiger partial charge in [0.05, 0.1) is 41.7 Å². The number of amides is 5. The summed E-state index contributed by atoms with van der Waals surface area (Å²) in [6.45, 7) is 2.07. The highest BCUT2D eigenvalue weighted by Gasteiger charge is 2.63. The molecular formula is C21H20FN5O7S. The van der Waals surface area contributed by atoms with Gasteiger partial charge in [-0.15, -0.1) is 0 Å². The van der Waals surface area contributed by atoms with E-state index in [2.05, 4.69) is 15.8 Å². The van der Waals surface area contributed by atoms with Gasteiger partial charge in [0.2, 0.25) is 17.4 Å². The van der Waals surface area contributed by atoms with E-state index >= 15 is 4.39 Å². The SMILES string of the molecule is C[C@@H]1OCCN2c3c(cc4c(N5C[C@H](CO)SC5=O)noc4c3F)CC3(C(=O)NC(=O)NC3=O)[C@@H]12.